The maximum absolute atomic E-state index is 14.5. The predicted octanol–water partition coefficient (Wildman–Crippen LogP) is 6.14. The lowest BCUT2D eigenvalue weighted by molar-refractivity contribution is 0.116. The standard InChI is InChI=1S/C27H33FN2O.H2/c1-18-17-30(15-13-23(18)19-5-6-19)14-3-4-21-9-7-20-8-11-24(27(20)29-21)25-16-22(31-2)10-12-26(25)28;/h7-12,16,18-20,23H,3-6,13-15,17H2,1-2H3;1H. The first-order valence-corrected chi connectivity index (χ1v) is 11.9. The summed E-state index contributed by atoms with van der Waals surface area (Å²) < 4.78 is 19.8. The highest BCUT2D eigenvalue weighted by Crippen LogP contribution is 2.44. The van der Waals surface area contributed by atoms with Gasteiger partial charge < -0.3 is 9.64 Å². The van der Waals surface area contributed by atoms with Gasteiger partial charge in [-0.1, -0.05) is 25.2 Å². The Morgan fingerprint density at radius 2 is 2.03 bits per heavy atom. The van der Waals surface area contributed by atoms with Crippen molar-refractivity contribution in [1.82, 2.24) is 4.90 Å². The van der Waals surface area contributed by atoms with Gasteiger partial charge in [-0.2, -0.15) is 0 Å². The van der Waals surface area contributed by atoms with Gasteiger partial charge in [-0.25, -0.2) is 4.39 Å². The Hall–Kier alpha value is -2.20. The number of halogens is 1. The van der Waals surface area contributed by atoms with Crippen molar-refractivity contribution in [3.8, 4) is 5.75 Å². The van der Waals surface area contributed by atoms with E-state index >= 15 is 0 Å². The Balaban J connectivity index is 0.00000245. The maximum Gasteiger partial charge on any atom is 0.131 e. The fourth-order valence-electron chi connectivity index (χ4n) is 5.62. The molecule has 3 atom stereocenters. The van der Waals surface area contributed by atoms with Crippen molar-refractivity contribution < 1.29 is 10.6 Å². The highest BCUT2D eigenvalue weighted by atomic mass is 19.1. The predicted molar refractivity (Wildman–Crippen MR) is 127 cm³/mol. The van der Waals surface area contributed by atoms with E-state index in [0.29, 0.717) is 11.3 Å². The summed E-state index contributed by atoms with van der Waals surface area (Å²) in [4.78, 5) is 7.61. The molecule has 1 aromatic rings. The van der Waals surface area contributed by atoms with E-state index in [2.05, 4.69) is 30.1 Å². The molecule has 3 unspecified atom stereocenters. The lowest BCUT2D eigenvalue weighted by Crippen LogP contribution is -2.40. The van der Waals surface area contributed by atoms with Crippen molar-refractivity contribution in [2.45, 2.75) is 39.0 Å². The topological polar surface area (TPSA) is 24.8 Å². The summed E-state index contributed by atoms with van der Waals surface area (Å²) >= 11 is 0. The molecule has 4 aliphatic rings. The number of hydrogen-bond acceptors (Lipinski definition) is 3. The minimum atomic E-state index is -0.233. The van der Waals surface area contributed by atoms with Gasteiger partial charge >= 0.3 is 0 Å². The summed E-state index contributed by atoms with van der Waals surface area (Å²) in [5, 5.41) is 0. The first-order chi connectivity index (χ1) is 15.1. The molecule has 0 N–H and O–H groups in total. The highest BCUT2D eigenvalue weighted by molar-refractivity contribution is 5.98. The average Bonchev–Trinajstić information content (AvgIpc) is 3.53. The molecule has 166 valence electrons. The number of benzene rings is 1. The van der Waals surface area contributed by atoms with E-state index in [1.54, 1.807) is 19.2 Å². The van der Waals surface area contributed by atoms with Crippen molar-refractivity contribution in [2.24, 2.45) is 28.7 Å². The van der Waals surface area contributed by atoms with Crippen LogP contribution in [0.1, 0.15) is 46.0 Å². The third kappa shape index (κ3) is 4.41. The van der Waals surface area contributed by atoms with Gasteiger partial charge in [-0.15, -0.1) is 0 Å². The smallest absolute Gasteiger partial charge is 0.131 e. The lowest BCUT2D eigenvalue weighted by Gasteiger charge is -2.37. The fraction of sp³-hybridized carbons (Fsp3) is 0.519. The number of aliphatic imine (C=N–C) groups is 1. The second kappa shape index (κ2) is 8.74. The molecule has 0 aromatic heterocycles. The molecular formula is C27H35FN2O. The van der Waals surface area contributed by atoms with Gasteiger partial charge in [0, 0.05) is 30.7 Å². The molecule has 0 amide bonds. The SMILES string of the molecule is COc1ccc(F)c(C2=C3N=C(CCCN4CCC(C5CC5)C(C)C4)C=CC3C=C2)c1.[HH]. The van der Waals surface area contributed by atoms with Crippen LogP contribution in [0.4, 0.5) is 4.39 Å². The van der Waals surface area contributed by atoms with E-state index in [1.807, 2.05) is 6.08 Å². The molecule has 2 fully saturated rings. The Labute approximate surface area is 186 Å². The van der Waals surface area contributed by atoms with Crippen molar-refractivity contribution in [3.05, 3.63) is 59.6 Å². The molecule has 1 saturated carbocycles. The average molecular weight is 423 g/mol. The van der Waals surface area contributed by atoms with E-state index in [9.17, 15) is 4.39 Å². The summed E-state index contributed by atoms with van der Waals surface area (Å²) in [6.45, 7) is 6.10. The van der Waals surface area contributed by atoms with E-state index in [4.69, 9.17) is 9.73 Å². The maximum atomic E-state index is 14.5. The highest BCUT2D eigenvalue weighted by Gasteiger charge is 2.37. The number of ether oxygens (including phenoxy) is 1. The van der Waals surface area contributed by atoms with Gasteiger partial charge in [0.2, 0.25) is 0 Å². The van der Waals surface area contributed by atoms with Gasteiger partial charge in [0.05, 0.1) is 12.8 Å². The number of likely N-dealkylation sites (tertiary alicyclic amines) is 1. The Morgan fingerprint density at radius 3 is 2.81 bits per heavy atom. The zero-order chi connectivity index (χ0) is 21.4. The zero-order valence-electron chi connectivity index (χ0n) is 18.7. The molecule has 1 aromatic carbocycles. The second-order valence-electron chi connectivity index (χ2n) is 9.66. The van der Waals surface area contributed by atoms with E-state index in [-0.39, 0.29) is 13.2 Å². The molecular weight excluding hydrogens is 387 g/mol. The van der Waals surface area contributed by atoms with E-state index in [0.717, 1.165) is 54.1 Å². The second-order valence-corrected chi connectivity index (χ2v) is 9.66. The summed E-state index contributed by atoms with van der Waals surface area (Å²) in [6.07, 6.45) is 14.9. The van der Waals surface area contributed by atoms with Crippen LogP contribution in [0, 0.1) is 29.5 Å². The van der Waals surface area contributed by atoms with Crippen LogP contribution in [-0.2, 0) is 0 Å². The summed E-state index contributed by atoms with van der Waals surface area (Å²) in [7, 11) is 1.61. The quantitative estimate of drug-likeness (QED) is 0.527. The number of nitrogens with zero attached hydrogens (tertiary/aromatic N) is 2. The molecule has 31 heavy (non-hydrogen) atoms. The van der Waals surface area contributed by atoms with Crippen molar-refractivity contribution in [1.29, 1.82) is 0 Å². The van der Waals surface area contributed by atoms with Gasteiger partial charge in [0.1, 0.15) is 11.6 Å². The van der Waals surface area contributed by atoms with Gasteiger partial charge in [-0.3, -0.25) is 4.99 Å². The first-order valence-electron chi connectivity index (χ1n) is 11.9. The van der Waals surface area contributed by atoms with Gasteiger partial charge in [0.15, 0.2) is 0 Å². The van der Waals surface area contributed by atoms with E-state index < -0.39 is 0 Å². The van der Waals surface area contributed by atoms with E-state index in [1.165, 1.54) is 38.4 Å². The molecule has 3 nitrogen and oxygen atoms in total. The van der Waals surface area contributed by atoms with Crippen LogP contribution in [0.2, 0.25) is 0 Å². The molecule has 0 bridgehead atoms. The van der Waals surface area contributed by atoms with Crippen molar-refractivity contribution >= 4 is 11.3 Å². The summed E-state index contributed by atoms with van der Waals surface area (Å²) in [5.74, 6) is 3.41. The first kappa shape index (κ1) is 20.7. The van der Waals surface area contributed by atoms with Gasteiger partial charge in [0.25, 0.3) is 0 Å². The molecule has 0 spiro atoms. The number of allylic oxidation sites excluding steroid dienone is 4. The minimum Gasteiger partial charge on any atom is -0.497 e. The minimum absolute atomic E-state index is 0. The number of rotatable bonds is 7. The Bertz CT molecular complexity index is 962. The van der Waals surface area contributed by atoms with Crippen LogP contribution < -0.4 is 4.74 Å². The number of dihydropyridines is 1. The third-order valence-corrected chi connectivity index (χ3v) is 7.48. The van der Waals surface area contributed by atoms with Crippen LogP contribution in [0.15, 0.2) is 53.2 Å². The molecule has 2 heterocycles. The number of methoxy groups -OCH3 is 1. The third-order valence-electron chi connectivity index (χ3n) is 7.48. The summed E-state index contributed by atoms with van der Waals surface area (Å²) in [5.41, 5.74) is 3.51. The zero-order valence-corrected chi connectivity index (χ0v) is 18.7. The monoisotopic (exact) mass is 422 g/mol. The van der Waals surface area contributed by atoms with Crippen LogP contribution in [0.5, 0.6) is 5.75 Å². The molecule has 0 radical (unpaired) electrons. The molecule has 2 aliphatic carbocycles. The Kier molecular flexibility index (Phi) is 5.83. The number of fused-ring (bicyclic) bond motifs is 1. The fourth-order valence-corrected chi connectivity index (χ4v) is 5.62. The molecule has 2 aliphatic heterocycles. The summed E-state index contributed by atoms with van der Waals surface area (Å²) in [6, 6.07) is 4.90. The molecule has 5 rings (SSSR count). The van der Waals surface area contributed by atoms with Crippen LogP contribution in [0.25, 0.3) is 5.57 Å². The Morgan fingerprint density at radius 1 is 1.19 bits per heavy atom. The molecule has 4 heteroatoms. The van der Waals surface area contributed by atoms with Crippen LogP contribution in [-0.4, -0.2) is 37.4 Å². The largest absolute Gasteiger partial charge is 0.497 e. The number of piperidine rings is 1. The van der Waals surface area contributed by atoms with Crippen molar-refractivity contribution in [2.75, 3.05) is 26.7 Å². The van der Waals surface area contributed by atoms with Gasteiger partial charge in [-0.05, 0) is 87.2 Å². The lowest BCUT2D eigenvalue weighted by atomic mass is 9.83. The normalized spacial score (nSPS) is 28.1. The number of hydrogen-bond donors (Lipinski definition) is 0. The van der Waals surface area contributed by atoms with Crippen LogP contribution >= 0.6 is 0 Å². The van der Waals surface area contributed by atoms with Crippen molar-refractivity contribution in [3.63, 3.8) is 0 Å². The van der Waals surface area contributed by atoms with Crippen LogP contribution in [0.3, 0.4) is 0 Å². The molecule has 1 saturated heterocycles.